The van der Waals surface area contributed by atoms with Gasteiger partial charge in [0.25, 0.3) is 5.91 Å². The number of methoxy groups -OCH3 is 1. The number of halogens is 1. The molecular formula is C43H38ClN5O3. The summed E-state index contributed by atoms with van der Waals surface area (Å²) in [7, 11) is 1.61. The number of hydrogen-bond acceptors (Lipinski definition) is 5. The van der Waals surface area contributed by atoms with Crippen LogP contribution in [0.2, 0.25) is 5.02 Å². The van der Waals surface area contributed by atoms with Crippen molar-refractivity contribution in [1.29, 1.82) is 0 Å². The van der Waals surface area contributed by atoms with Gasteiger partial charge in [0.2, 0.25) is 5.91 Å². The third-order valence-corrected chi connectivity index (χ3v) is 10.3. The molecule has 0 aliphatic heterocycles. The van der Waals surface area contributed by atoms with Gasteiger partial charge in [-0.15, -0.1) is 0 Å². The zero-order valence-corrected chi connectivity index (χ0v) is 29.9. The number of nitrogens with zero attached hydrogens (tertiary/aromatic N) is 3. The number of rotatable bonds is 11. The molecule has 2 heterocycles. The largest absolute Gasteiger partial charge is 0.497 e. The molecule has 2 aromatic heterocycles. The second-order valence-corrected chi connectivity index (χ2v) is 13.7. The molecule has 0 bridgehead atoms. The Morgan fingerprint density at radius 1 is 0.865 bits per heavy atom. The second kappa shape index (κ2) is 14.1. The molecule has 0 radical (unpaired) electrons. The van der Waals surface area contributed by atoms with E-state index < -0.39 is 0 Å². The third kappa shape index (κ3) is 6.13. The normalized spacial score (nSPS) is 12.2. The molecule has 0 aliphatic rings. The van der Waals surface area contributed by atoms with Crippen LogP contribution in [0.1, 0.15) is 47.3 Å². The van der Waals surface area contributed by atoms with Crippen LogP contribution >= 0.6 is 11.6 Å². The van der Waals surface area contributed by atoms with Crippen LogP contribution in [-0.4, -0.2) is 46.5 Å². The lowest BCUT2D eigenvalue weighted by Crippen LogP contribution is -2.26. The highest BCUT2D eigenvalue weighted by atomic mass is 35.5. The lowest BCUT2D eigenvalue weighted by atomic mass is 10.1. The number of H-pyrrole nitrogens is 1. The molecule has 8 aromatic rings. The Labute approximate surface area is 305 Å². The number of para-hydroxylation sites is 2. The number of unbranched alkanes of at least 4 members (excludes halogenated alkanes) is 3. The van der Waals surface area contributed by atoms with E-state index in [-0.39, 0.29) is 18.2 Å². The summed E-state index contributed by atoms with van der Waals surface area (Å²) in [4.78, 5) is 40.4. The van der Waals surface area contributed by atoms with Gasteiger partial charge in [0.15, 0.2) is 0 Å². The van der Waals surface area contributed by atoms with Gasteiger partial charge in [-0.05, 0) is 86.0 Å². The molecule has 0 aliphatic carbocycles. The van der Waals surface area contributed by atoms with Crippen molar-refractivity contribution in [2.75, 3.05) is 20.2 Å². The molecule has 0 spiro atoms. The van der Waals surface area contributed by atoms with Gasteiger partial charge >= 0.3 is 0 Å². The van der Waals surface area contributed by atoms with Crippen molar-refractivity contribution in [2.45, 2.75) is 39.0 Å². The number of carbonyl (C=O) groups is 2. The van der Waals surface area contributed by atoms with Gasteiger partial charge in [-0.2, -0.15) is 0 Å². The fourth-order valence-corrected chi connectivity index (χ4v) is 7.53. The van der Waals surface area contributed by atoms with Crippen LogP contribution in [-0.2, 0) is 11.2 Å². The highest BCUT2D eigenvalue weighted by Gasteiger charge is 2.22. The predicted octanol–water partition coefficient (Wildman–Crippen LogP) is 8.89. The molecule has 0 atom stereocenters. The second-order valence-electron chi connectivity index (χ2n) is 13.3. The van der Waals surface area contributed by atoms with Crippen LogP contribution in [0.5, 0.6) is 5.75 Å². The van der Waals surface area contributed by atoms with E-state index in [2.05, 4.69) is 46.7 Å². The molecule has 260 valence electrons. The number of amides is 1. The van der Waals surface area contributed by atoms with Gasteiger partial charge in [-0.3, -0.25) is 19.1 Å². The average Bonchev–Trinajstić information content (AvgIpc) is 3.62. The minimum atomic E-state index is -0.174. The fourth-order valence-electron chi connectivity index (χ4n) is 7.41. The maximum Gasteiger partial charge on any atom is 0.262 e. The van der Waals surface area contributed by atoms with E-state index in [0.29, 0.717) is 22.9 Å². The maximum absolute atomic E-state index is 13.6. The maximum atomic E-state index is 13.6. The van der Waals surface area contributed by atoms with Crippen molar-refractivity contribution >= 4 is 77.9 Å². The first kappa shape index (κ1) is 33.4. The molecule has 1 amide bonds. The van der Waals surface area contributed by atoms with Gasteiger partial charge in [0.1, 0.15) is 5.75 Å². The van der Waals surface area contributed by atoms with Gasteiger partial charge in [0, 0.05) is 56.3 Å². The van der Waals surface area contributed by atoms with Crippen molar-refractivity contribution in [3.63, 3.8) is 0 Å². The predicted molar refractivity (Wildman–Crippen MR) is 210 cm³/mol. The Morgan fingerprint density at radius 2 is 1.67 bits per heavy atom. The number of fused-ring (bicyclic) bond motifs is 5. The summed E-state index contributed by atoms with van der Waals surface area (Å²) in [5.41, 5.74) is 6.84. The third-order valence-electron chi connectivity index (χ3n) is 10.0. The van der Waals surface area contributed by atoms with E-state index in [1.54, 1.807) is 35.9 Å². The first-order valence-corrected chi connectivity index (χ1v) is 18.1. The zero-order valence-electron chi connectivity index (χ0n) is 29.1. The Balaban J connectivity index is 0.883. The van der Waals surface area contributed by atoms with Crippen LogP contribution in [0.3, 0.4) is 0 Å². The number of aromatic amines is 1. The van der Waals surface area contributed by atoms with Crippen LogP contribution in [0.15, 0.2) is 102 Å². The minimum Gasteiger partial charge on any atom is -0.497 e. The monoisotopic (exact) mass is 707 g/mol. The minimum absolute atomic E-state index is 0.0750. The van der Waals surface area contributed by atoms with Crippen molar-refractivity contribution in [1.82, 2.24) is 19.9 Å². The molecular weight excluding hydrogens is 670 g/mol. The quantitative estimate of drug-likeness (QED) is 0.131. The van der Waals surface area contributed by atoms with Gasteiger partial charge in [0.05, 0.1) is 46.5 Å². The lowest BCUT2D eigenvalue weighted by molar-refractivity contribution is -0.120. The van der Waals surface area contributed by atoms with Gasteiger partial charge < -0.3 is 15.0 Å². The van der Waals surface area contributed by atoms with Crippen LogP contribution in [0.4, 0.5) is 0 Å². The Kier molecular flexibility index (Phi) is 9.07. The van der Waals surface area contributed by atoms with E-state index in [9.17, 15) is 9.59 Å². The smallest absolute Gasteiger partial charge is 0.262 e. The number of nitrogens with one attached hydrogen (secondary N) is 2. The van der Waals surface area contributed by atoms with Crippen molar-refractivity contribution in [3.8, 4) is 5.75 Å². The Hall–Kier alpha value is -5.73. The van der Waals surface area contributed by atoms with Crippen LogP contribution in [0.25, 0.3) is 54.5 Å². The van der Waals surface area contributed by atoms with E-state index >= 15 is 0 Å². The van der Waals surface area contributed by atoms with Crippen molar-refractivity contribution in [2.24, 2.45) is 4.99 Å². The molecule has 0 saturated carbocycles. The lowest BCUT2D eigenvalue weighted by Gasteiger charge is -2.08. The molecule has 0 saturated heterocycles. The van der Waals surface area contributed by atoms with E-state index in [1.807, 2.05) is 43.3 Å². The summed E-state index contributed by atoms with van der Waals surface area (Å²) in [6.07, 6.45) is 4.04. The molecule has 9 heteroatoms. The number of aromatic nitrogens is 3. The molecule has 6 aromatic carbocycles. The van der Waals surface area contributed by atoms with Crippen LogP contribution < -0.4 is 15.4 Å². The summed E-state index contributed by atoms with van der Waals surface area (Å²) in [5, 5.41) is 10.2. The number of benzene rings is 5. The fraction of sp³-hybridized carbons (Fsp3) is 0.209. The first-order valence-electron chi connectivity index (χ1n) is 17.7. The molecule has 2 N–H and O–H groups in total. The zero-order chi connectivity index (χ0) is 35.8. The van der Waals surface area contributed by atoms with E-state index in [0.717, 1.165) is 92.6 Å². The van der Waals surface area contributed by atoms with Gasteiger partial charge in [-0.1, -0.05) is 60.8 Å². The number of hydrogen-bond donors (Lipinski definition) is 2. The molecule has 8 rings (SSSR count). The highest BCUT2D eigenvalue weighted by Crippen LogP contribution is 2.36. The topological polar surface area (TPSA) is 101 Å². The van der Waals surface area contributed by atoms with E-state index in [1.165, 1.54) is 10.8 Å². The summed E-state index contributed by atoms with van der Waals surface area (Å²) in [5.74, 6) is 0.418. The van der Waals surface area contributed by atoms with Crippen LogP contribution in [0, 0.1) is 6.92 Å². The van der Waals surface area contributed by atoms with Crippen molar-refractivity contribution in [3.05, 3.63) is 124 Å². The summed E-state index contributed by atoms with van der Waals surface area (Å²) < 4.78 is 7.14. The number of carbonyl (C=O) groups excluding carboxylic acids is 2. The summed E-state index contributed by atoms with van der Waals surface area (Å²) in [6, 6.07) is 31.3. The molecule has 52 heavy (non-hydrogen) atoms. The summed E-state index contributed by atoms with van der Waals surface area (Å²) in [6.45, 7) is 3.22. The molecule has 8 nitrogen and oxygen atoms in total. The van der Waals surface area contributed by atoms with Crippen molar-refractivity contribution < 1.29 is 14.3 Å². The Morgan fingerprint density at radius 3 is 2.52 bits per heavy atom. The van der Waals surface area contributed by atoms with Gasteiger partial charge in [-0.25, -0.2) is 4.98 Å². The molecule has 0 unspecified atom stereocenters. The van der Waals surface area contributed by atoms with E-state index in [4.69, 9.17) is 26.3 Å². The standard InChI is InChI=1S/C43H38ClN5O3/c1-26-33(34-24-29(52-2)18-21-38(34)49(26)43(51)27-14-16-28(44)17-15-27)25-39(50)46-23-8-4-3-7-22-45-35-20-19-32-40-30(35)10-9-11-31(40)41-42(32)48-37-13-6-5-12-36(37)47-41/h5-6,9-21,24,48H,3-4,7-8,22-23,25H2,1-2H3,(H,46,50). The first-order chi connectivity index (χ1) is 25.4. The summed E-state index contributed by atoms with van der Waals surface area (Å²) >= 11 is 6.06. The Bertz CT molecular complexity index is 2640. The average molecular weight is 708 g/mol. The molecule has 0 fully saturated rings. The SMILES string of the molecule is COc1ccc2c(c1)c(CC(=O)NCCCCCCN=c1ccc3c4[nH]c5ccccc5nc4c4cccc1c43)c(C)n2C(=O)c1ccc(Cl)cc1. The highest BCUT2D eigenvalue weighted by molar-refractivity contribution is 6.30. The number of ether oxygens (including phenoxy) is 1.